The molecule has 0 saturated carbocycles. The predicted molar refractivity (Wildman–Crippen MR) is 77.6 cm³/mol. The maximum Gasteiger partial charge on any atom is 0.263 e. The molecule has 0 aliphatic rings. The van der Waals surface area contributed by atoms with Gasteiger partial charge in [-0.15, -0.1) is 11.3 Å². The molecule has 5 heteroatoms. The second-order valence-electron chi connectivity index (χ2n) is 4.17. The Morgan fingerprint density at radius 3 is 2.53 bits per heavy atom. The van der Waals surface area contributed by atoms with E-state index in [1.165, 1.54) is 11.3 Å². The van der Waals surface area contributed by atoms with Gasteiger partial charge < -0.3 is 15.8 Å². The van der Waals surface area contributed by atoms with Crippen molar-refractivity contribution in [2.45, 2.75) is 13.0 Å². The quantitative estimate of drug-likeness (QED) is 0.902. The molecule has 1 unspecified atom stereocenters. The SMILES string of the molecule is COc1ccc(C(C)NC(=O)c2sccc2N)cc1. The van der Waals surface area contributed by atoms with Gasteiger partial charge >= 0.3 is 0 Å². The van der Waals surface area contributed by atoms with Crippen molar-refractivity contribution in [3.8, 4) is 5.75 Å². The molecule has 2 aromatic rings. The molecule has 3 N–H and O–H groups in total. The van der Waals surface area contributed by atoms with Crippen LogP contribution in [0.3, 0.4) is 0 Å². The van der Waals surface area contributed by atoms with E-state index < -0.39 is 0 Å². The predicted octanol–water partition coefficient (Wildman–Crippen LogP) is 2.83. The van der Waals surface area contributed by atoms with Crippen LogP contribution in [0.1, 0.15) is 28.2 Å². The average molecular weight is 276 g/mol. The Hall–Kier alpha value is -2.01. The van der Waals surface area contributed by atoms with Crippen LogP contribution in [0.4, 0.5) is 5.69 Å². The molecule has 2 rings (SSSR count). The van der Waals surface area contributed by atoms with Crippen LogP contribution >= 0.6 is 11.3 Å². The molecule has 19 heavy (non-hydrogen) atoms. The van der Waals surface area contributed by atoms with Crippen molar-refractivity contribution in [1.82, 2.24) is 5.32 Å². The van der Waals surface area contributed by atoms with Crippen LogP contribution in [-0.4, -0.2) is 13.0 Å². The first-order chi connectivity index (χ1) is 9.11. The summed E-state index contributed by atoms with van der Waals surface area (Å²) in [7, 11) is 1.62. The summed E-state index contributed by atoms with van der Waals surface area (Å²) in [6.07, 6.45) is 0. The fraction of sp³-hybridized carbons (Fsp3) is 0.214. The zero-order chi connectivity index (χ0) is 13.8. The van der Waals surface area contributed by atoms with Crippen molar-refractivity contribution in [2.75, 3.05) is 12.8 Å². The van der Waals surface area contributed by atoms with Crippen molar-refractivity contribution in [3.05, 3.63) is 46.2 Å². The van der Waals surface area contributed by atoms with Gasteiger partial charge in [0.2, 0.25) is 0 Å². The minimum Gasteiger partial charge on any atom is -0.497 e. The number of nitrogen functional groups attached to an aromatic ring is 1. The summed E-state index contributed by atoms with van der Waals surface area (Å²) in [4.78, 5) is 12.6. The Morgan fingerprint density at radius 1 is 1.32 bits per heavy atom. The molecule has 0 radical (unpaired) electrons. The first kappa shape index (κ1) is 13.4. The lowest BCUT2D eigenvalue weighted by molar-refractivity contribution is 0.0945. The molecule has 0 fully saturated rings. The summed E-state index contributed by atoms with van der Waals surface area (Å²) >= 11 is 1.34. The molecule has 1 heterocycles. The number of hydrogen-bond acceptors (Lipinski definition) is 4. The fourth-order valence-corrected chi connectivity index (χ4v) is 2.46. The number of nitrogens with one attached hydrogen (secondary N) is 1. The number of amides is 1. The minimum atomic E-state index is -0.143. The topological polar surface area (TPSA) is 64.3 Å². The lowest BCUT2D eigenvalue weighted by Gasteiger charge is -2.14. The Kier molecular flexibility index (Phi) is 4.06. The highest BCUT2D eigenvalue weighted by atomic mass is 32.1. The lowest BCUT2D eigenvalue weighted by Crippen LogP contribution is -2.26. The Labute approximate surface area is 116 Å². The Bertz CT molecular complexity index is 563. The molecule has 0 aliphatic carbocycles. The van der Waals surface area contributed by atoms with E-state index in [-0.39, 0.29) is 11.9 Å². The second-order valence-corrected chi connectivity index (χ2v) is 5.09. The van der Waals surface area contributed by atoms with Crippen molar-refractivity contribution in [2.24, 2.45) is 0 Å². The number of hydrogen-bond donors (Lipinski definition) is 2. The first-order valence-corrected chi connectivity index (χ1v) is 6.77. The van der Waals surface area contributed by atoms with Crippen molar-refractivity contribution < 1.29 is 9.53 Å². The number of thiophene rings is 1. The Morgan fingerprint density at radius 2 is 2.00 bits per heavy atom. The third-order valence-corrected chi connectivity index (χ3v) is 3.79. The number of ether oxygens (including phenoxy) is 1. The maximum absolute atomic E-state index is 12.0. The molecule has 1 amide bonds. The third kappa shape index (κ3) is 3.06. The number of rotatable bonds is 4. The second kappa shape index (κ2) is 5.75. The van der Waals surface area contributed by atoms with Crippen LogP contribution in [0, 0.1) is 0 Å². The molecule has 0 bridgehead atoms. The average Bonchev–Trinajstić information content (AvgIpc) is 2.85. The van der Waals surface area contributed by atoms with Crippen LogP contribution in [-0.2, 0) is 0 Å². The Balaban J connectivity index is 2.06. The molecule has 0 aliphatic heterocycles. The van der Waals surface area contributed by atoms with Gasteiger partial charge in [-0.1, -0.05) is 12.1 Å². The van der Waals surface area contributed by atoms with Crippen molar-refractivity contribution in [3.63, 3.8) is 0 Å². The highest BCUT2D eigenvalue weighted by Gasteiger charge is 2.14. The summed E-state index contributed by atoms with van der Waals surface area (Å²) in [5.41, 5.74) is 7.26. The molecular formula is C14H16N2O2S. The largest absolute Gasteiger partial charge is 0.497 e. The minimum absolute atomic E-state index is 0.0834. The maximum atomic E-state index is 12.0. The van der Waals surface area contributed by atoms with Crippen molar-refractivity contribution in [1.29, 1.82) is 0 Å². The zero-order valence-electron chi connectivity index (χ0n) is 10.8. The van der Waals surface area contributed by atoms with E-state index in [9.17, 15) is 4.79 Å². The first-order valence-electron chi connectivity index (χ1n) is 5.89. The summed E-state index contributed by atoms with van der Waals surface area (Å²) < 4.78 is 5.10. The van der Waals surface area contributed by atoms with Gasteiger partial charge in [-0.05, 0) is 36.1 Å². The monoisotopic (exact) mass is 276 g/mol. The summed E-state index contributed by atoms with van der Waals surface area (Å²) in [5, 5.41) is 4.74. The highest BCUT2D eigenvalue weighted by molar-refractivity contribution is 7.12. The summed E-state index contributed by atoms with van der Waals surface area (Å²) in [6.45, 7) is 1.93. The molecule has 0 saturated heterocycles. The number of carbonyl (C=O) groups excluding carboxylic acids is 1. The van der Waals surface area contributed by atoms with E-state index in [0.717, 1.165) is 11.3 Å². The number of nitrogens with two attached hydrogens (primary N) is 1. The van der Waals surface area contributed by atoms with Crippen LogP contribution in [0.25, 0.3) is 0 Å². The zero-order valence-corrected chi connectivity index (χ0v) is 11.7. The van der Waals surface area contributed by atoms with Gasteiger partial charge in [0, 0.05) is 0 Å². The van der Waals surface area contributed by atoms with Crippen LogP contribution < -0.4 is 15.8 Å². The number of benzene rings is 1. The van der Waals surface area contributed by atoms with E-state index in [1.807, 2.05) is 36.6 Å². The van der Waals surface area contributed by atoms with E-state index in [2.05, 4.69) is 5.32 Å². The molecule has 0 spiro atoms. The van der Waals surface area contributed by atoms with Crippen LogP contribution in [0.15, 0.2) is 35.7 Å². The molecule has 4 nitrogen and oxygen atoms in total. The summed E-state index contributed by atoms with van der Waals surface area (Å²) in [6, 6.07) is 9.26. The van der Waals surface area contributed by atoms with E-state index in [4.69, 9.17) is 10.5 Å². The van der Waals surface area contributed by atoms with Gasteiger partial charge in [0.15, 0.2) is 0 Å². The number of carbonyl (C=O) groups is 1. The van der Waals surface area contributed by atoms with Gasteiger partial charge in [0.25, 0.3) is 5.91 Å². The summed E-state index contributed by atoms with van der Waals surface area (Å²) in [5.74, 6) is 0.653. The van der Waals surface area contributed by atoms with E-state index >= 15 is 0 Å². The normalized spacial score (nSPS) is 11.9. The van der Waals surface area contributed by atoms with E-state index in [0.29, 0.717) is 10.6 Å². The van der Waals surface area contributed by atoms with Gasteiger partial charge in [0.05, 0.1) is 18.8 Å². The third-order valence-electron chi connectivity index (χ3n) is 2.87. The molecule has 1 atom stereocenters. The number of methoxy groups -OCH3 is 1. The smallest absolute Gasteiger partial charge is 0.263 e. The van der Waals surface area contributed by atoms with Crippen LogP contribution in [0.2, 0.25) is 0 Å². The van der Waals surface area contributed by atoms with Gasteiger partial charge in [-0.2, -0.15) is 0 Å². The molecular weight excluding hydrogens is 260 g/mol. The van der Waals surface area contributed by atoms with E-state index in [1.54, 1.807) is 13.2 Å². The fourth-order valence-electron chi connectivity index (χ4n) is 1.74. The van der Waals surface area contributed by atoms with Gasteiger partial charge in [-0.3, -0.25) is 4.79 Å². The highest BCUT2D eigenvalue weighted by Crippen LogP contribution is 2.21. The molecule has 100 valence electrons. The van der Waals surface area contributed by atoms with Crippen molar-refractivity contribution >= 4 is 22.9 Å². The van der Waals surface area contributed by atoms with Crippen LogP contribution in [0.5, 0.6) is 5.75 Å². The molecule has 1 aromatic heterocycles. The van der Waals surface area contributed by atoms with Gasteiger partial charge in [-0.25, -0.2) is 0 Å². The lowest BCUT2D eigenvalue weighted by atomic mass is 10.1. The number of anilines is 1. The standard InChI is InChI=1S/C14H16N2O2S/c1-9(10-3-5-11(18-2)6-4-10)16-14(17)13-12(15)7-8-19-13/h3-9H,15H2,1-2H3,(H,16,17). The van der Waals surface area contributed by atoms with Gasteiger partial charge in [0.1, 0.15) is 10.6 Å². The molecule has 1 aromatic carbocycles.